The van der Waals surface area contributed by atoms with Crippen molar-refractivity contribution < 1.29 is 53.8 Å². The Balaban J connectivity index is -0.00000288. The van der Waals surface area contributed by atoms with Gasteiger partial charge in [0.05, 0.1) is 18.8 Å². The number of hydrogen-bond donors (Lipinski definition) is 2. The Kier molecular flexibility index (Phi) is 21.4. The zero-order valence-corrected chi connectivity index (χ0v) is 20.1. The van der Waals surface area contributed by atoms with Crippen LogP contribution in [-0.4, -0.2) is 42.6 Å². The molecule has 0 spiro atoms. The fourth-order valence-electron chi connectivity index (χ4n) is 3.04. The molecule has 26 heavy (non-hydrogen) atoms. The molecule has 0 aliphatic heterocycles. The van der Waals surface area contributed by atoms with Gasteiger partial charge in [0.15, 0.2) is 0 Å². The number of aliphatic hydroxyl groups is 1. The summed E-state index contributed by atoms with van der Waals surface area (Å²) in [4.78, 5) is 0. The van der Waals surface area contributed by atoms with E-state index < -0.39 is 28.6 Å². The van der Waals surface area contributed by atoms with Gasteiger partial charge in [0.25, 0.3) is 10.1 Å². The van der Waals surface area contributed by atoms with E-state index >= 15 is 0 Å². The van der Waals surface area contributed by atoms with Crippen LogP contribution in [0.5, 0.6) is 0 Å². The van der Waals surface area contributed by atoms with Gasteiger partial charge in [0.1, 0.15) is 5.75 Å². The van der Waals surface area contributed by atoms with E-state index in [-0.39, 0.29) is 37.1 Å². The SMILES string of the molecule is CCCCCCCCCCCCCCC(C)OC(CO)CS(=O)(=O)O.[H-].[Na+]. The zero-order chi connectivity index (χ0) is 19.0. The third kappa shape index (κ3) is 21.1. The Morgan fingerprint density at radius 3 is 1.69 bits per heavy atom. The molecule has 0 aliphatic rings. The summed E-state index contributed by atoms with van der Waals surface area (Å²) in [5, 5.41) is 9.11. The van der Waals surface area contributed by atoms with Crippen LogP contribution < -0.4 is 29.6 Å². The van der Waals surface area contributed by atoms with Gasteiger partial charge < -0.3 is 11.3 Å². The first-order valence-electron chi connectivity index (χ1n) is 10.1. The Hall–Kier alpha value is 0.830. The molecule has 0 rings (SSSR count). The van der Waals surface area contributed by atoms with Crippen LogP contribution in [0.4, 0.5) is 0 Å². The second kappa shape index (κ2) is 19.2. The van der Waals surface area contributed by atoms with Gasteiger partial charge in [-0.3, -0.25) is 4.55 Å². The average molecular weight is 405 g/mol. The van der Waals surface area contributed by atoms with E-state index in [2.05, 4.69) is 6.92 Å². The minimum absolute atomic E-state index is 0. The van der Waals surface area contributed by atoms with Crippen molar-refractivity contribution in [3.63, 3.8) is 0 Å². The fourth-order valence-corrected chi connectivity index (χ4v) is 3.69. The van der Waals surface area contributed by atoms with E-state index in [9.17, 15) is 8.42 Å². The maximum absolute atomic E-state index is 10.8. The van der Waals surface area contributed by atoms with E-state index in [0.717, 1.165) is 19.3 Å². The molecule has 0 fully saturated rings. The molecule has 0 aromatic carbocycles. The van der Waals surface area contributed by atoms with Crippen molar-refractivity contribution in [1.29, 1.82) is 0 Å². The second-order valence-electron chi connectivity index (χ2n) is 7.18. The van der Waals surface area contributed by atoms with Gasteiger partial charge in [-0.25, -0.2) is 0 Å². The van der Waals surface area contributed by atoms with Gasteiger partial charge in [-0.15, -0.1) is 0 Å². The molecule has 0 heterocycles. The van der Waals surface area contributed by atoms with Crippen LogP contribution in [0, 0.1) is 0 Å². The molecule has 0 radical (unpaired) electrons. The van der Waals surface area contributed by atoms with Crippen LogP contribution >= 0.6 is 0 Å². The summed E-state index contributed by atoms with van der Waals surface area (Å²) in [5.74, 6) is -0.549. The molecule has 0 saturated carbocycles. The maximum Gasteiger partial charge on any atom is 1.00 e. The first-order valence-corrected chi connectivity index (χ1v) is 11.7. The minimum Gasteiger partial charge on any atom is -1.00 e. The van der Waals surface area contributed by atoms with Gasteiger partial charge in [0, 0.05) is 0 Å². The Morgan fingerprint density at radius 1 is 0.885 bits per heavy atom. The van der Waals surface area contributed by atoms with Crippen molar-refractivity contribution in [2.45, 2.75) is 110 Å². The smallest absolute Gasteiger partial charge is 1.00 e. The molecule has 5 nitrogen and oxygen atoms in total. The van der Waals surface area contributed by atoms with Gasteiger partial charge in [-0.1, -0.05) is 84.0 Å². The monoisotopic (exact) mass is 404 g/mol. The molecule has 0 aliphatic carbocycles. The van der Waals surface area contributed by atoms with Crippen molar-refractivity contribution in [2.75, 3.05) is 12.4 Å². The number of ether oxygens (including phenoxy) is 1. The van der Waals surface area contributed by atoms with E-state index in [4.69, 9.17) is 14.4 Å². The van der Waals surface area contributed by atoms with Crippen LogP contribution in [0.25, 0.3) is 0 Å². The molecular formula is C19H41NaO5S. The normalized spacial score (nSPS) is 14.0. The number of unbranched alkanes of at least 4 members (excludes halogenated alkanes) is 11. The number of aliphatic hydroxyl groups excluding tert-OH is 1. The Labute approximate surface area is 185 Å². The molecular weight excluding hydrogens is 363 g/mol. The van der Waals surface area contributed by atoms with Gasteiger partial charge in [-0.05, 0) is 13.3 Å². The molecule has 2 N–H and O–H groups in total. The zero-order valence-electron chi connectivity index (χ0n) is 18.3. The van der Waals surface area contributed by atoms with E-state index in [1.165, 1.54) is 64.2 Å². The van der Waals surface area contributed by atoms with Crippen LogP contribution in [0.2, 0.25) is 0 Å². The molecule has 2 atom stereocenters. The van der Waals surface area contributed by atoms with Gasteiger partial charge in [0.2, 0.25) is 0 Å². The summed E-state index contributed by atoms with van der Waals surface area (Å²) >= 11 is 0. The molecule has 0 amide bonds. The number of rotatable bonds is 18. The fraction of sp³-hybridized carbons (Fsp3) is 1.00. The molecule has 7 heteroatoms. The third-order valence-electron chi connectivity index (χ3n) is 4.49. The quantitative estimate of drug-likeness (QED) is 0.207. The maximum atomic E-state index is 10.8. The Morgan fingerprint density at radius 2 is 1.31 bits per heavy atom. The second-order valence-corrected chi connectivity index (χ2v) is 8.67. The van der Waals surface area contributed by atoms with Crippen molar-refractivity contribution in [3.05, 3.63) is 0 Å². The predicted octanol–water partition coefficient (Wildman–Crippen LogP) is 1.85. The molecule has 154 valence electrons. The van der Waals surface area contributed by atoms with Gasteiger partial charge >= 0.3 is 29.6 Å². The van der Waals surface area contributed by atoms with Crippen LogP contribution in [-0.2, 0) is 14.9 Å². The molecule has 0 saturated heterocycles. The largest absolute Gasteiger partial charge is 1.00 e. The minimum atomic E-state index is -4.11. The Bertz CT molecular complexity index is 396. The summed E-state index contributed by atoms with van der Waals surface area (Å²) in [6.07, 6.45) is 15.5. The van der Waals surface area contributed by atoms with E-state index in [1.54, 1.807) is 0 Å². The molecule has 0 bridgehead atoms. The van der Waals surface area contributed by atoms with Gasteiger partial charge in [-0.2, -0.15) is 8.42 Å². The molecule has 0 aromatic heterocycles. The van der Waals surface area contributed by atoms with E-state index in [1.807, 2.05) is 6.92 Å². The van der Waals surface area contributed by atoms with Crippen LogP contribution in [0.15, 0.2) is 0 Å². The summed E-state index contributed by atoms with van der Waals surface area (Å²) in [6, 6.07) is 0. The summed E-state index contributed by atoms with van der Waals surface area (Å²) in [5.41, 5.74) is 0. The first-order chi connectivity index (χ1) is 11.9. The van der Waals surface area contributed by atoms with Crippen LogP contribution in [0.1, 0.15) is 98.7 Å². The van der Waals surface area contributed by atoms with Crippen molar-refractivity contribution >= 4 is 10.1 Å². The van der Waals surface area contributed by atoms with Crippen molar-refractivity contribution in [3.8, 4) is 0 Å². The summed E-state index contributed by atoms with van der Waals surface area (Å²) in [7, 11) is -4.11. The summed E-state index contributed by atoms with van der Waals surface area (Å²) < 4.78 is 35.9. The molecule has 2 unspecified atom stereocenters. The predicted molar refractivity (Wildman–Crippen MR) is 105 cm³/mol. The standard InChI is InChI=1S/C19H40O5S.Na.H/c1-3-4-5-6-7-8-9-10-11-12-13-14-15-18(2)24-19(16-20)17-25(21,22)23;;/h18-20H,3-17H2,1-2H3,(H,21,22,23);;/q;+1;-1. The van der Waals surface area contributed by atoms with E-state index in [0.29, 0.717) is 0 Å². The summed E-state index contributed by atoms with van der Waals surface area (Å²) in [6.45, 7) is 3.73. The average Bonchev–Trinajstić information content (AvgIpc) is 2.54. The first kappa shape index (κ1) is 29.0. The number of hydrogen-bond acceptors (Lipinski definition) is 4. The van der Waals surface area contributed by atoms with Crippen molar-refractivity contribution in [2.24, 2.45) is 0 Å². The molecule has 0 aromatic rings. The van der Waals surface area contributed by atoms with Crippen molar-refractivity contribution in [1.82, 2.24) is 0 Å². The third-order valence-corrected chi connectivity index (χ3v) is 5.28. The van der Waals surface area contributed by atoms with Crippen LogP contribution in [0.3, 0.4) is 0 Å². The topological polar surface area (TPSA) is 83.8 Å².